The van der Waals surface area contributed by atoms with E-state index in [-0.39, 0.29) is 31.1 Å². The Balaban J connectivity index is 1.95. The van der Waals surface area contributed by atoms with Crippen molar-refractivity contribution in [2.45, 2.75) is 25.9 Å². The van der Waals surface area contributed by atoms with Crippen LogP contribution in [0.3, 0.4) is 0 Å². The first-order valence-corrected chi connectivity index (χ1v) is 7.92. The minimum atomic E-state index is -4.51. The number of likely N-dealkylation sites (N-methyl/N-ethyl adjacent to an activating group) is 1. The number of halogens is 4. The number of hydrogen-bond acceptors (Lipinski definition) is 3. The van der Waals surface area contributed by atoms with Gasteiger partial charge in [0.2, 0.25) is 5.91 Å². The molecule has 0 saturated carbocycles. The van der Waals surface area contributed by atoms with Crippen molar-refractivity contribution in [2.24, 2.45) is 0 Å². The Morgan fingerprint density at radius 1 is 1.28 bits per heavy atom. The zero-order valence-corrected chi connectivity index (χ0v) is 14.5. The first kappa shape index (κ1) is 19.2. The standard InChI is InChI=1S/C17H17ClF3N3O/c1-11-9-13(18)4-3-12(11)10-16(25)24(2)8-6-15-22-7-5-14(23-15)17(19,20)21/h3-5,7,9H,6,8,10H2,1-2H3. The molecule has 0 aliphatic rings. The summed E-state index contributed by atoms with van der Waals surface area (Å²) in [6, 6.07) is 6.11. The number of benzene rings is 1. The monoisotopic (exact) mass is 371 g/mol. The summed E-state index contributed by atoms with van der Waals surface area (Å²) in [5.41, 5.74) is 0.787. The maximum absolute atomic E-state index is 12.6. The van der Waals surface area contributed by atoms with Crippen LogP contribution >= 0.6 is 11.6 Å². The van der Waals surface area contributed by atoms with E-state index in [9.17, 15) is 18.0 Å². The van der Waals surface area contributed by atoms with Gasteiger partial charge < -0.3 is 4.90 Å². The van der Waals surface area contributed by atoms with E-state index in [1.165, 1.54) is 4.90 Å². The highest BCUT2D eigenvalue weighted by Crippen LogP contribution is 2.27. The summed E-state index contributed by atoms with van der Waals surface area (Å²) in [6.07, 6.45) is -3.09. The molecule has 1 heterocycles. The van der Waals surface area contributed by atoms with Gasteiger partial charge in [-0.2, -0.15) is 13.2 Å². The van der Waals surface area contributed by atoms with Crippen LogP contribution in [-0.4, -0.2) is 34.4 Å². The summed E-state index contributed by atoms with van der Waals surface area (Å²) in [5.74, 6) is -0.0884. The van der Waals surface area contributed by atoms with Gasteiger partial charge in [0.15, 0.2) is 0 Å². The maximum Gasteiger partial charge on any atom is 0.433 e. The van der Waals surface area contributed by atoms with E-state index < -0.39 is 11.9 Å². The lowest BCUT2D eigenvalue weighted by Crippen LogP contribution is -2.30. The van der Waals surface area contributed by atoms with Crippen LogP contribution < -0.4 is 0 Å². The molecular weight excluding hydrogens is 355 g/mol. The molecule has 25 heavy (non-hydrogen) atoms. The van der Waals surface area contributed by atoms with Crippen LogP contribution in [0.4, 0.5) is 13.2 Å². The van der Waals surface area contributed by atoms with Crippen molar-refractivity contribution >= 4 is 17.5 Å². The van der Waals surface area contributed by atoms with Crippen LogP contribution in [0.5, 0.6) is 0 Å². The summed E-state index contributed by atoms with van der Waals surface area (Å²) in [4.78, 5) is 21.0. The first-order valence-electron chi connectivity index (χ1n) is 7.55. The second-order valence-corrected chi connectivity index (χ2v) is 6.11. The van der Waals surface area contributed by atoms with Gasteiger partial charge in [-0.3, -0.25) is 4.79 Å². The maximum atomic E-state index is 12.6. The second-order valence-electron chi connectivity index (χ2n) is 5.67. The average Bonchev–Trinajstić information content (AvgIpc) is 2.54. The van der Waals surface area contributed by atoms with Crippen molar-refractivity contribution in [1.29, 1.82) is 0 Å². The molecule has 0 fully saturated rings. The molecular formula is C17H17ClF3N3O. The smallest absolute Gasteiger partial charge is 0.345 e. The first-order chi connectivity index (χ1) is 11.7. The molecule has 0 unspecified atom stereocenters. The molecule has 1 aromatic carbocycles. The number of aryl methyl sites for hydroxylation is 1. The molecule has 8 heteroatoms. The number of nitrogens with zero attached hydrogens (tertiary/aromatic N) is 3. The van der Waals surface area contributed by atoms with Crippen LogP contribution in [0.2, 0.25) is 5.02 Å². The molecule has 2 rings (SSSR count). The molecule has 0 bridgehead atoms. The van der Waals surface area contributed by atoms with E-state index in [4.69, 9.17) is 11.6 Å². The number of alkyl halides is 3. The average molecular weight is 372 g/mol. The van der Waals surface area contributed by atoms with Crippen LogP contribution in [0.25, 0.3) is 0 Å². The van der Waals surface area contributed by atoms with Gasteiger partial charge >= 0.3 is 6.18 Å². The quantitative estimate of drug-likeness (QED) is 0.805. The second kappa shape index (κ2) is 7.82. The molecule has 134 valence electrons. The van der Waals surface area contributed by atoms with E-state index in [0.717, 1.165) is 23.4 Å². The fourth-order valence-electron chi connectivity index (χ4n) is 2.23. The Morgan fingerprint density at radius 3 is 2.64 bits per heavy atom. The number of aromatic nitrogens is 2. The summed E-state index contributed by atoms with van der Waals surface area (Å²) < 4.78 is 37.9. The minimum absolute atomic E-state index is 0.0529. The van der Waals surface area contributed by atoms with Crippen LogP contribution in [0, 0.1) is 6.92 Å². The van der Waals surface area contributed by atoms with Crippen molar-refractivity contribution in [3.05, 3.63) is 58.1 Å². The fraction of sp³-hybridized carbons (Fsp3) is 0.353. The van der Waals surface area contributed by atoms with E-state index >= 15 is 0 Å². The Hall–Kier alpha value is -2.15. The number of hydrogen-bond donors (Lipinski definition) is 0. The van der Waals surface area contributed by atoms with E-state index in [1.807, 2.05) is 6.92 Å². The normalized spacial score (nSPS) is 11.4. The molecule has 0 saturated heterocycles. The Bertz CT molecular complexity index is 765. The minimum Gasteiger partial charge on any atom is -0.345 e. The Kier molecular flexibility index (Phi) is 6.00. The fourth-order valence-corrected chi connectivity index (χ4v) is 2.45. The lowest BCUT2D eigenvalue weighted by atomic mass is 10.1. The summed E-state index contributed by atoms with van der Waals surface area (Å²) in [7, 11) is 1.60. The zero-order valence-electron chi connectivity index (χ0n) is 13.8. The van der Waals surface area contributed by atoms with Crippen LogP contribution in [-0.2, 0) is 23.8 Å². The van der Waals surface area contributed by atoms with Gasteiger partial charge in [-0.25, -0.2) is 9.97 Å². The van der Waals surface area contributed by atoms with Crippen molar-refractivity contribution in [2.75, 3.05) is 13.6 Å². The van der Waals surface area contributed by atoms with Gasteiger partial charge in [0, 0.05) is 31.2 Å². The summed E-state index contributed by atoms with van der Waals surface area (Å²) >= 11 is 5.89. The Labute approximate surface area is 148 Å². The van der Waals surface area contributed by atoms with Gasteiger partial charge in [0.25, 0.3) is 0 Å². The highest BCUT2D eigenvalue weighted by atomic mass is 35.5. The van der Waals surface area contributed by atoms with Gasteiger partial charge in [0.1, 0.15) is 11.5 Å². The molecule has 0 spiro atoms. The molecule has 1 amide bonds. The molecule has 0 aliphatic carbocycles. The topological polar surface area (TPSA) is 46.1 Å². The highest BCUT2D eigenvalue weighted by Gasteiger charge is 2.32. The summed E-state index contributed by atoms with van der Waals surface area (Å²) in [6.45, 7) is 2.09. The number of rotatable bonds is 5. The van der Waals surface area contributed by atoms with Gasteiger partial charge in [-0.05, 0) is 36.2 Å². The predicted molar refractivity (Wildman–Crippen MR) is 88.3 cm³/mol. The third-order valence-electron chi connectivity index (χ3n) is 3.74. The SMILES string of the molecule is Cc1cc(Cl)ccc1CC(=O)N(C)CCc1nccc(C(F)(F)F)n1. The third-order valence-corrected chi connectivity index (χ3v) is 3.97. The van der Waals surface area contributed by atoms with Crippen molar-refractivity contribution in [3.8, 4) is 0 Å². The van der Waals surface area contributed by atoms with E-state index in [0.29, 0.717) is 5.02 Å². The van der Waals surface area contributed by atoms with Crippen molar-refractivity contribution in [1.82, 2.24) is 14.9 Å². The molecule has 4 nitrogen and oxygen atoms in total. The molecule has 0 N–H and O–H groups in total. The lowest BCUT2D eigenvalue weighted by molar-refractivity contribution is -0.141. The highest BCUT2D eigenvalue weighted by molar-refractivity contribution is 6.30. The zero-order chi connectivity index (χ0) is 18.6. The molecule has 0 radical (unpaired) electrons. The van der Waals surface area contributed by atoms with Gasteiger partial charge in [-0.1, -0.05) is 17.7 Å². The lowest BCUT2D eigenvalue weighted by Gasteiger charge is -2.17. The van der Waals surface area contributed by atoms with E-state index in [1.54, 1.807) is 25.2 Å². The number of carbonyl (C=O) groups is 1. The molecule has 0 aliphatic heterocycles. The summed E-state index contributed by atoms with van der Waals surface area (Å²) in [5, 5.41) is 0.601. The largest absolute Gasteiger partial charge is 0.433 e. The van der Waals surface area contributed by atoms with Crippen molar-refractivity contribution < 1.29 is 18.0 Å². The van der Waals surface area contributed by atoms with E-state index in [2.05, 4.69) is 9.97 Å². The molecule has 2 aromatic rings. The number of amides is 1. The van der Waals surface area contributed by atoms with Gasteiger partial charge in [-0.15, -0.1) is 0 Å². The van der Waals surface area contributed by atoms with Gasteiger partial charge in [0.05, 0.1) is 6.42 Å². The van der Waals surface area contributed by atoms with Crippen LogP contribution in [0.1, 0.15) is 22.6 Å². The number of carbonyl (C=O) groups excluding carboxylic acids is 1. The third kappa shape index (κ3) is 5.42. The Morgan fingerprint density at radius 2 is 2.00 bits per heavy atom. The van der Waals surface area contributed by atoms with Crippen LogP contribution in [0.15, 0.2) is 30.5 Å². The predicted octanol–water partition coefficient (Wildman–Crippen LogP) is 3.70. The van der Waals surface area contributed by atoms with Crippen molar-refractivity contribution in [3.63, 3.8) is 0 Å². The molecule has 0 atom stereocenters. The molecule has 1 aromatic heterocycles.